The Labute approximate surface area is 86.6 Å². The Bertz CT molecular complexity index is 176. The third-order valence-electron chi connectivity index (χ3n) is 2.78. The quantitative estimate of drug-likeness (QED) is 0.714. The summed E-state index contributed by atoms with van der Waals surface area (Å²) in [7, 11) is 0. The molecule has 1 rings (SSSR count). The fraction of sp³-hybridized carbons (Fsp3) is 0.909. The van der Waals surface area contributed by atoms with E-state index in [0.29, 0.717) is 6.04 Å². The molecular formula is C11H22N2O. The number of amides is 1. The Balaban J connectivity index is 2.25. The van der Waals surface area contributed by atoms with Crippen molar-refractivity contribution >= 4 is 5.91 Å². The van der Waals surface area contributed by atoms with Crippen LogP contribution in [0.25, 0.3) is 0 Å². The average molecular weight is 198 g/mol. The summed E-state index contributed by atoms with van der Waals surface area (Å²) in [5.74, 6) is 0.432. The molecule has 1 saturated heterocycles. The van der Waals surface area contributed by atoms with Crippen molar-refractivity contribution in [2.75, 3.05) is 13.1 Å². The first-order chi connectivity index (χ1) is 6.74. The lowest BCUT2D eigenvalue weighted by Gasteiger charge is -2.23. The number of piperidine rings is 1. The lowest BCUT2D eigenvalue weighted by Crippen LogP contribution is -2.43. The second-order valence-corrected chi connectivity index (χ2v) is 4.24. The van der Waals surface area contributed by atoms with Crippen LogP contribution in [-0.2, 0) is 4.79 Å². The molecule has 0 saturated carbocycles. The molecule has 3 nitrogen and oxygen atoms in total. The topological polar surface area (TPSA) is 41.1 Å². The minimum absolute atomic E-state index is 0.197. The van der Waals surface area contributed by atoms with E-state index >= 15 is 0 Å². The van der Waals surface area contributed by atoms with Crippen molar-refractivity contribution in [3.63, 3.8) is 0 Å². The van der Waals surface area contributed by atoms with Gasteiger partial charge >= 0.3 is 0 Å². The van der Waals surface area contributed by atoms with E-state index in [1.54, 1.807) is 0 Å². The Morgan fingerprint density at radius 2 is 2.43 bits per heavy atom. The third-order valence-corrected chi connectivity index (χ3v) is 2.78. The maximum absolute atomic E-state index is 11.7. The molecular weight excluding hydrogens is 176 g/mol. The van der Waals surface area contributed by atoms with Crippen molar-refractivity contribution in [2.45, 2.75) is 45.6 Å². The van der Waals surface area contributed by atoms with Gasteiger partial charge in [-0.15, -0.1) is 0 Å². The molecule has 0 aromatic rings. The molecule has 14 heavy (non-hydrogen) atoms. The summed E-state index contributed by atoms with van der Waals surface area (Å²) in [6.07, 6.45) is 4.37. The largest absolute Gasteiger partial charge is 0.353 e. The monoisotopic (exact) mass is 198 g/mol. The molecule has 1 aliphatic heterocycles. The normalized spacial score (nSPS) is 24.3. The van der Waals surface area contributed by atoms with Crippen molar-refractivity contribution < 1.29 is 4.79 Å². The fourth-order valence-corrected chi connectivity index (χ4v) is 1.94. The van der Waals surface area contributed by atoms with E-state index < -0.39 is 0 Å². The molecule has 0 spiro atoms. The van der Waals surface area contributed by atoms with E-state index in [2.05, 4.69) is 24.5 Å². The van der Waals surface area contributed by atoms with Crippen molar-refractivity contribution in [1.82, 2.24) is 10.6 Å². The predicted molar refractivity (Wildman–Crippen MR) is 58.1 cm³/mol. The van der Waals surface area contributed by atoms with Gasteiger partial charge in [-0.1, -0.05) is 13.3 Å². The number of hydrogen-bond donors (Lipinski definition) is 2. The van der Waals surface area contributed by atoms with E-state index in [-0.39, 0.29) is 11.8 Å². The minimum Gasteiger partial charge on any atom is -0.353 e. The molecule has 1 fully saturated rings. The van der Waals surface area contributed by atoms with Gasteiger partial charge in [0.25, 0.3) is 0 Å². The standard InChI is InChI=1S/C11H22N2O/c1-3-5-9(2)13-11(14)10-6-4-7-12-8-10/h9-10,12H,3-8H2,1-2H3,(H,13,14)/t9-,10+/m1/s1. The number of hydrogen-bond acceptors (Lipinski definition) is 2. The molecule has 0 aromatic heterocycles. The molecule has 1 aliphatic rings. The molecule has 0 radical (unpaired) electrons. The highest BCUT2D eigenvalue weighted by Gasteiger charge is 2.21. The van der Waals surface area contributed by atoms with Crippen molar-refractivity contribution in [1.29, 1.82) is 0 Å². The second kappa shape index (κ2) is 6.02. The highest BCUT2D eigenvalue weighted by Crippen LogP contribution is 2.10. The van der Waals surface area contributed by atoms with Gasteiger partial charge in [0.1, 0.15) is 0 Å². The Hall–Kier alpha value is -0.570. The molecule has 0 unspecified atom stereocenters. The summed E-state index contributed by atoms with van der Waals surface area (Å²) in [5, 5.41) is 6.33. The van der Waals surface area contributed by atoms with Gasteiger partial charge in [0.15, 0.2) is 0 Å². The van der Waals surface area contributed by atoms with Gasteiger partial charge in [-0.05, 0) is 32.7 Å². The van der Waals surface area contributed by atoms with Gasteiger partial charge in [-0.25, -0.2) is 0 Å². The van der Waals surface area contributed by atoms with Crippen LogP contribution in [0.2, 0.25) is 0 Å². The van der Waals surface area contributed by atoms with Gasteiger partial charge < -0.3 is 10.6 Å². The highest BCUT2D eigenvalue weighted by molar-refractivity contribution is 5.79. The molecule has 1 heterocycles. The summed E-state index contributed by atoms with van der Waals surface area (Å²) in [6, 6.07) is 0.328. The van der Waals surface area contributed by atoms with Crippen LogP contribution in [0.1, 0.15) is 39.5 Å². The van der Waals surface area contributed by atoms with Crippen molar-refractivity contribution in [2.24, 2.45) is 5.92 Å². The van der Waals surface area contributed by atoms with Gasteiger partial charge in [0, 0.05) is 12.6 Å². The average Bonchev–Trinajstić information content (AvgIpc) is 2.19. The molecule has 3 heteroatoms. The van der Waals surface area contributed by atoms with Crippen LogP contribution in [-0.4, -0.2) is 25.0 Å². The number of carbonyl (C=O) groups is 1. The zero-order chi connectivity index (χ0) is 10.4. The van der Waals surface area contributed by atoms with Crippen LogP contribution in [0.15, 0.2) is 0 Å². The SMILES string of the molecule is CCC[C@@H](C)NC(=O)[C@H]1CCCNC1. The summed E-state index contributed by atoms with van der Waals surface area (Å²) in [4.78, 5) is 11.7. The van der Waals surface area contributed by atoms with E-state index in [9.17, 15) is 4.79 Å². The molecule has 0 aromatic carbocycles. The molecule has 2 N–H and O–H groups in total. The molecule has 2 atom stereocenters. The molecule has 82 valence electrons. The first-order valence-corrected chi connectivity index (χ1v) is 5.75. The Kier molecular flexibility index (Phi) is 4.94. The van der Waals surface area contributed by atoms with E-state index in [1.165, 1.54) is 0 Å². The minimum atomic E-state index is 0.197. The van der Waals surface area contributed by atoms with Crippen LogP contribution in [0.5, 0.6) is 0 Å². The highest BCUT2D eigenvalue weighted by atomic mass is 16.1. The summed E-state index contributed by atoms with van der Waals surface area (Å²) in [6.45, 7) is 6.14. The predicted octanol–water partition coefficient (Wildman–Crippen LogP) is 1.29. The fourth-order valence-electron chi connectivity index (χ4n) is 1.94. The summed E-state index contributed by atoms with van der Waals surface area (Å²) in [5.41, 5.74) is 0. The first-order valence-electron chi connectivity index (χ1n) is 5.75. The molecule has 0 aliphatic carbocycles. The molecule has 1 amide bonds. The maximum Gasteiger partial charge on any atom is 0.224 e. The summed E-state index contributed by atoms with van der Waals surface area (Å²) >= 11 is 0. The van der Waals surface area contributed by atoms with Crippen LogP contribution in [0.3, 0.4) is 0 Å². The van der Waals surface area contributed by atoms with Gasteiger partial charge in [-0.2, -0.15) is 0 Å². The third kappa shape index (κ3) is 3.66. The smallest absolute Gasteiger partial charge is 0.224 e. The second-order valence-electron chi connectivity index (χ2n) is 4.24. The van der Waals surface area contributed by atoms with Crippen LogP contribution >= 0.6 is 0 Å². The van der Waals surface area contributed by atoms with E-state index in [0.717, 1.165) is 38.8 Å². The summed E-state index contributed by atoms with van der Waals surface area (Å²) < 4.78 is 0. The van der Waals surface area contributed by atoms with Crippen LogP contribution in [0, 0.1) is 5.92 Å². The number of rotatable bonds is 4. The zero-order valence-electron chi connectivity index (χ0n) is 9.31. The van der Waals surface area contributed by atoms with Gasteiger partial charge in [0.2, 0.25) is 5.91 Å². The first kappa shape index (κ1) is 11.5. The Morgan fingerprint density at radius 1 is 1.64 bits per heavy atom. The zero-order valence-corrected chi connectivity index (χ0v) is 9.31. The number of nitrogens with one attached hydrogen (secondary N) is 2. The van der Waals surface area contributed by atoms with Gasteiger partial charge in [0.05, 0.1) is 5.92 Å². The Morgan fingerprint density at radius 3 is 3.00 bits per heavy atom. The van der Waals surface area contributed by atoms with E-state index in [1.807, 2.05) is 0 Å². The van der Waals surface area contributed by atoms with Crippen molar-refractivity contribution in [3.05, 3.63) is 0 Å². The van der Waals surface area contributed by atoms with Crippen molar-refractivity contribution in [3.8, 4) is 0 Å². The maximum atomic E-state index is 11.7. The van der Waals surface area contributed by atoms with Gasteiger partial charge in [-0.3, -0.25) is 4.79 Å². The lowest BCUT2D eigenvalue weighted by molar-refractivity contribution is -0.126. The van der Waals surface area contributed by atoms with Crippen LogP contribution < -0.4 is 10.6 Å². The molecule has 0 bridgehead atoms. The number of carbonyl (C=O) groups excluding carboxylic acids is 1. The lowest BCUT2D eigenvalue weighted by atomic mass is 9.98. The van der Waals surface area contributed by atoms with Crippen LogP contribution in [0.4, 0.5) is 0 Å². The van der Waals surface area contributed by atoms with E-state index in [4.69, 9.17) is 0 Å².